The van der Waals surface area contributed by atoms with E-state index in [-0.39, 0.29) is 0 Å². The lowest BCUT2D eigenvalue weighted by atomic mass is 10.1. The van der Waals surface area contributed by atoms with E-state index in [9.17, 15) is 8.42 Å². The largest absolute Gasteiger partial charge is 0.313 e. The molecule has 0 amide bonds. The van der Waals surface area contributed by atoms with E-state index in [2.05, 4.69) is 5.32 Å². The molecule has 1 aliphatic carbocycles. The van der Waals surface area contributed by atoms with Gasteiger partial charge in [0.2, 0.25) is 10.0 Å². The number of sulfonamides is 1. The smallest absolute Gasteiger partial charge is 0.243 e. The molecule has 5 heteroatoms. The van der Waals surface area contributed by atoms with Gasteiger partial charge in [-0.2, -0.15) is 0 Å². The van der Waals surface area contributed by atoms with Crippen molar-refractivity contribution in [3.05, 3.63) is 29.3 Å². The highest BCUT2D eigenvalue weighted by Gasteiger charge is 2.29. The van der Waals surface area contributed by atoms with Crippen LogP contribution < -0.4 is 5.32 Å². The van der Waals surface area contributed by atoms with Crippen LogP contribution in [0.3, 0.4) is 0 Å². The molecule has 0 bridgehead atoms. The normalized spacial score (nSPS) is 15.8. The summed E-state index contributed by atoms with van der Waals surface area (Å²) in [6.07, 6.45) is 2.30. The fourth-order valence-electron chi connectivity index (χ4n) is 2.23. The molecule has 0 aromatic heterocycles. The van der Waals surface area contributed by atoms with Crippen molar-refractivity contribution in [1.29, 1.82) is 0 Å². The number of aryl methyl sites for hydroxylation is 1. The minimum Gasteiger partial charge on any atom is -0.313 e. The van der Waals surface area contributed by atoms with E-state index in [1.54, 1.807) is 13.1 Å². The fraction of sp³-hybridized carbons (Fsp3) is 0.600. The van der Waals surface area contributed by atoms with Gasteiger partial charge in [0.25, 0.3) is 0 Å². The van der Waals surface area contributed by atoms with Crippen molar-refractivity contribution in [3.8, 4) is 0 Å². The lowest BCUT2D eigenvalue weighted by Gasteiger charge is -2.19. The van der Waals surface area contributed by atoms with Crippen molar-refractivity contribution in [2.75, 3.05) is 20.1 Å². The van der Waals surface area contributed by atoms with Gasteiger partial charge in [0, 0.05) is 20.1 Å². The van der Waals surface area contributed by atoms with E-state index < -0.39 is 10.0 Å². The summed E-state index contributed by atoms with van der Waals surface area (Å²) in [5.41, 5.74) is 1.82. The second-order valence-electron chi connectivity index (χ2n) is 5.61. The molecule has 0 atom stereocenters. The first-order chi connectivity index (χ1) is 9.45. The molecule has 4 nitrogen and oxygen atoms in total. The van der Waals surface area contributed by atoms with Crippen LogP contribution in [-0.2, 0) is 16.6 Å². The molecule has 112 valence electrons. The van der Waals surface area contributed by atoms with Gasteiger partial charge in [0.05, 0.1) is 4.90 Å². The van der Waals surface area contributed by atoms with Crippen molar-refractivity contribution >= 4 is 10.0 Å². The molecule has 0 spiro atoms. The van der Waals surface area contributed by atoms with Gasteiger partial charge in [-0.25, -0.2) is 12.7 Å². The molecule has 1 aromatic carbocycles. The Morgan fingerprint density at radius 3 is 2.65 bits per heavy atom. The SMILES string of the molecule is CCNCc1ccc(C)c(S(=O)(=O)N(C)CC2CC2)c1. The highest BCUT2D eigenvalue weighted by atomic mass is 32.2. The Morgan fingerprint density at radius 1 is 1.35 bits per heavy atom. The van der Waals surface area contributed by atoms with Gasteiger partial charge in [-0.3, -0.25) is 0 Å². The highest BCUT2D eigenvalue weighted by Crippen LogP contribution is 2.31. The number of nitrogens with zero attached hydrogens (tertiary/aromatic N) is 1. The van der Waals surface area contributed by atoms with Gasteiger partial charge in [-0.05, 0) is 49.4 Å². The topological polar surface area (TPSA) is 49.4 Å². The van der Waals surface area contributed by atoms with Crippen molar-refractivity contribution < 1.29 is 8.42 Å². The van der Waals surface area contributed by atoms with E-state index in [0.717, 1.165) is 30.5 Å². The van der Waals surface area contributed by atoms with Crippen LogP contribution in [0.4, 0.5) is 0 Å². The molecule has 1 saturated carbocycles. The van der Waals surface area contributed by atoms with E-state index in [4.69, 9.17) is 0 Å². The van der Waals surface area contributed by atoms with Crippen molar-refractivity contribution in [1.82, 2.24) is 9.62 Å². The summed E-state index contributed by atoms with van der Waals surface area (Å²) in [4.78, 5) is 0.441. The van der Waals surface area contributed by atoms with Crippen molar-refractivity contribution in [3.63, 3.8) is 0 Å². The van der Waals surface area contributed by atoms with Crippen LogP contribution in [-0.4, -0.2) is 32.9 Å². The molecule has 2 rings (SSSR count). The number of hydrogen-bond acceptors (Lipinski definition) is 3. The Hall–Kier alpha value is -0.910. The molecule has 1 aliphatic rings. The van der Waals surface area contributed by atoms with Gasteiger partial charge in [-0.15, -0.1) is 0 Å². The van der Waals surface area contributed by atoms with Crippen molar-refractivity contribution in [2.45, 2.75) is 38.1 Å². The quantitative estimate of drug-likeness (QED) is 0.838. The molecule has 0 heterocycles. The van der Waals surface area contributed by atoms with E-state index in [1.165, 1.54) is 4.31 Å². The summed E-state index contributed by atoms with van der Waals surface area (Å²) in [6, 6.07) is 5.68. The van der Waals surface area contributed by atoms with Crippen LogP contribution in [0.2, 0.25) is 0 Å². The predicted octanol–water partition coefficient (Wildman–Crippen LogP) is 2.14. The van der Waals surface area contributed by atoms with E-state index in [1.807, 2.05) is 26.0 Å². The van der Waals surface area contributed by atoms with Gasteiger partial charge < -0.3 is 5.32 Å². The molecule has 0 unspecified atom stereocenters. The van der Waals surface area contributed by atoms with E-state index in [0.29, 0.717) is 23.9 Å². The monoisotopic (exact) mass is 296 g/mol. The molecule has 1 aromatic rings. The zero-order valence-corrected chi connectivity index (χ0v) is 13.3. The van der Waals surface area contributed by atoms with Gasteiger partial charge in [0.1, 0.15) is 0 Å². The van der Waals surface area contributed by atoms with Crippen LogP contribution >= 0.6 is 0 Å². The molecule has 0 radical (unpaired) electrons. The van der Waals surface area contributed by atoms with Gasteiger partial charge >= 0.3 is 0 Å². The summed E-state index contributed by atoms with van der Waals surface area (Å²) in [5, 5.41) is 3.23. The maximum Gasteiger partial charge on any atom is 0.243 e. The van der Waals surface area contributed by atoms with Crippen LogP contribution in [0, 0.1) is 12.8 Å². The maximum absolute atomic E-state index is 12.6. The summed E-state index contributed by atoms with van der Waals surface area (Å²) in [5.74, 6) is 0.556. The molecular formula is C15H24N2O2S. The Bertz CT molecular complexity index is 565. The van der Waals surface area contributed by atoms with Crippen molar-refractivity contribution in [2.24, 2.45) is 5.92 Å². The van der Waals surface area contributed by atoms with Gasteiger partial charge in [0.15, 0.2) is 0 Å². The second-order valence-corrected chi connectivity index (χ2v) is 7.62. The summed E-state index contributed by atoms with van der Waals surface area (Å²) in [6.45, 7) is 6.10. The average Bonchev–Trinajstić information content (AvgIpc) is 3.21. The first kappa shape index (κ1) is 15.5. The molecule has 0 saturated heterocycles. The molecule has 1 fully saturated rings. The predicted molar refractivity (Wildman–Crippen MR) is 81.1 cm³/mol. The van der Waals surface area contributed by atoms with Crippen LogP contribution in [0.15, 0.2) is 23.1 Å². The lowest BCUT2D eigenvalue weighted by Crippen LogP contribution is -2.29. The first-order valence-electron chi connectivity index (χ1n) is 7.21. The maximum atomic E-state index is 12.6. The first-order valence-corrected chi connectivity index (χ1v) is 8.65. The van der Waals surface area contributed by atoms with E-state index >= 15 is 0 Å². The summed E-state index contributed by atoms with van der Waals surface area (Å²) in [7, 11) is -1.68. The number of nitrogens with one attached hydrogen (secondary N) is 1. The minimum absolute atomic E-state index is 0.441. The van der Waals surface area contributed by atoms with Crippen LogP contribution in [0.5, 0.6) is 0 Å². The summed E-state index contributed by atoms with van der Waals surface area (Å²) < 4.78 is 26.8. The van der Waals surface area contributed by atoms with Crippen LogP contribution in [0.1, 0.15) is 30.9 Å². The molecular weight excluding hydrogens is 272 g/mol. The third kappa shape index (κ3) is 3.59. The highest BCUT2D eigenvalue weighted by molar-refractivity contribution is 7.89. The Labute approximate surface area is 122 Å². The standard InChI is InChI=1S/C15H24N2O2S/c1-4-16-10-14-6-5-12(2)15(9-14)20(18,19)17(3)11-13-7-8-13/h5-6,9,13,16H,4,7-8,10-11H2,1-3H3. The second kappa shape index (κ2) is 6.24. The molecule has 20 heavy (non-hydrogen) atoms. The Balaban J connectivity index is 2.24. The minimum atomic E-state index is -3.37. The third-order valence-electron chi connectivity index (χ3n) is 3.73. The van der Waals surface area contributed by atoms with Gasteiger partial charge in [-0.1, -0.05) is 19.1 Å². The number of hydrogen-bond donors (Lipinski definition) is 1. The lowest BCUT2D eigenvalue weighted by molar-refractivity contribution is 0.452. The third-order valence-corrected chi connectivity index (χ3v) is 5.70. The Morgan fingerprint density at radius 2 is 2.05 bits per heavy atom. The zero-order valence-electron chi connectivity index (χ0n) is 12.5. The Kier molecular flexibility index (Phi) is 4.83. The number of rotatable bonds is 7. The van der Waals surface area contributed by atoms with Crippen LogP contribution in [0.25, 0.3) is 0 Å². The molecule has 1 N–H and O–H groups in total. The number of benzene rings is 1. The summed E-state index contributed by atoms with van der Waals surface area (Å²) >= 11 is 0. The fourth-order valence-corrected chi connectivity index (χ4v) is 3.75. The zero-order chi connectivity index (χ0) is 14.8. The average molecular weight is 296 g/mol. The molecule has 0 aliphatic heterocycles.